The zero-order chi connectivity index (χ0) is 15.0. The molecule has 0 aliphatic carbocycles. The fourth-order valence-corrected chi connectivity index (χ4v) is 2.75. The number of hydrogen-bond acceptors (Lipinski definition) is 4. The van der Waals surface area contributed by atoms with Gasteiger partial charge in [-0.1, -0.05) is 12.1 Å². The quantitative estimate of drug-likeness (QED) is 0.704. The monoisotopic (exact) mass is 310 g/mol. The van der Waals surface area contributed by atoms with Crippen LogP contribution in [-0.4, -0.2) is 17.1 Å². The zero-order valence-electron chi connectivity index (χ0n) is 10.8. The highest BCUT2D eigenvalue weighted by atomic mass is 32.1. The van der Waals surface area contributed by atoms with Crippen LogP contribution < -0.4 is 4.74 Å². The molecule has 2 heterocycles. The van der Waals surface area contributed by atoms with E-state index in [9.17, 15) is 13.2 Å². The Labute approximate surface area is 122 Å². The van der Waals surface area contributed by atoms with Crippen LogP contribution in [0.15, 0.2) is 35.7 Å². The lowest BCUT2D eigenvalue weighted by Crippen LogP contribution is -2.04. The van der Waals surface area contributed by atoms with Crippen LogP contribution in [0, 0.1) is 0 Å². The van der Waals surface area contributed by atoms with E-state index >= 15 is 0 Å². The Morgan fingerprint density at radius 3 is 2.67 bits per heavy atom. The minimum absolute atomic E-state index is 0.136. The Balaban J connectivity index is 2.22. The summed E-state index contributed by atoms with van der Waals surface area (Å²) in [5, 5.41) is 2.52. The van der Waals surface area contributed by atoms with Gasteiger partial charge in [-0.25, -0.2) is 0 Å². The molecule has 108 valence electrons. The summed E-state index contributed by atoms with van der Waals surface area (Å²) in [6, 6.07) is 7.00. The summed E-state index contributed by atoms with van der Waals surface area (Å²) in [6.45, 7) is 0. The highest BCUT2D eigenvalue weighted by molar-refractivity contribution is 7.16. The summed E-state index contributed by atoms with van der Waals surface area (Å²) in [4.78, 5) is 9.04. The van der Waals surface area contributed by atoms with Crippen molar-refractivity contribution in [3.8, 4) is 17.3 Å². The van der Waals surface area contributed by atoms with Crippen LogP contribution in [0.1, 0.15) is 5.56 Å². The highest BCUT2D eigenvalue weighted by Crippen LogP contribution is 2.35. The molecule has 3 nitrogen and oxygen atoms in total. The number of methoxy groups -OCH3 is 1. The van der Waals surface area contributed by atoms with E-state index < -0.39 is 11.7 Å². The molecule has 0 spiro atoms. The third kappa shape index (κ3) is 2.56. The van der Waals surface area contributed by atoms with Gasteiger partial charge in [0.2, 0.25) is 0 Å². The maximum atomic E-state index is 12.8. The molecule has 7 heteroatoms. The normalized spacial score (nSPS) is 11.8. The predicted molar refractivity (Wildman–Crippen MR) is 74.4 cm³/mol. The first-order valence-electron chi connectivity index (χ1n) is 5.96. The third-order valence-corrected chi connectivity index (χ3v) is 3.76. The lowest BCUT2D eigenvalue weighted by atomic mass is 10.1. The molecule has 0 atom stereocenters. The van der Waals surface area contributed by atoms with Crippen LogP contribution in [0.3, 0.4) is 0 Å². The molecule has 0 radical (unpaired) electrons. The number of hydrogen-bond donors (Lipinski definition) is 0. The molecule has 0 aliphatic heterocycles. The van der Waals surface area contributed by atoms with Gasteiger partial charge in [-0.3, -0.25) is 0 Å². The fraction of sp³-hybridized carbons (Fsp3) is 0.143. The second kappa shape index (κ2) is 5.00. The third-order valence-electron chi connectivity index (χ3n) is 2.95. The Kier molecular flexibility index (Phi) is 3.29. The van der Waals surface area contributed by atoms with E-state index in [1.54, 1.807) is 12.1 Å². The number of aromatic nitrogens is 2. The lowest BCUT2D eigenvalue weighted by molar-refractivity contribution is -0.137. The smallest absolute Gasteiger partial charge is 0.416 e. The van der Waals surface area contributed by atoms with Gasteiger partial charge in [-0.15, -0.1) is 11.3 Å². The maximum absolute atomic E-state index is 12.8. The van der Waals surface area contributed by atoms with Crippen LogP contribution >= 0.6 is 11.3 Å². The van der Waals surface area contributed by atoms with Gasteiger partial charge in [0.25, 0.3) is 0 Å². The van der Waals surface area contributed by atoms with Crippen molar-refractivity contribution in [3.63, 3.8) is 0 Å². The SMILES string of the molecule is COc1nc(-c2cccc(C(F)(F)F)c2)c2ccsc2n1. The first kappa shape index (κ1) is 13.8. The summed E-state index contributed by atoms with van der Waals surface area (Å²) in [7, 11) is 1.42. The summed E-state index contributed by atoms with van der Waals surface area (Å²) in [5.74, 6) is 0. The number of benzene rings is 1. The molecule has 0 fully saturated rings. The average molecular weight is 310 g/mol. The Morgan fingerprint density at radius 2 is 1.95 bits per heavy atom. The molecule has 0 bridgehead atoms. The van der Waals surface area contributed by atoms with Crippen LogP contribution in [0.4, 0.5) is 13.2 Å². The van der Waals surface area contributed by atoms with Gasteiger partial charge in [0, 0.05) is 10.9 Å². The van der Waals surface area contributed by atoms with E-state index in [1.807, 2.05) is 5.38 Å². The summed E-state index contributed by atoms with van der Waals surface area (Å²) >= 11 is 1.38. The van der Waals surface area contributed by atoms with Crippen molar-refractivity contribution in [2.24, 2.45) is 0 Å². The van der Waals surface area contributed by atoms with E-state index in [1.165, 1.54) is 24.5 Å². The van der Waals surface area contributed by atoms with Gasteiger partial charge in [0.15, 0.2) is 0 Å². The number of fused-ring (bicyclic) bond motifs is 1. The number of halogens is 3. The summed E-state index contributed by atoms with van der Waals surface area (Å²) < 4.78 is 43.5. The van der Waals surface area contributed by atoms with Crippen molar-refractivity contribution in [2.45, 2.75) is 6.18 Å². The molecule has 0 N–H and O–H groups in total. The second-order valence-electron chi connectivity index (χ2n) is 4.28. The number of rotatable bonds is 2. The number of thiophene rings is 1. The first-order chi connectivity index (χ1) is 9.99. The first-order valence-corrected chi connectivity index (χ1v) is 6.84. The van der Waals surface area contributed by atoms with Gasteiger partial charge < -0.3 is 4.74 Å². The van der Waals surface area contributed by atoms with Gasteiger partial charge >= 0.3 is 12.2 Å². The molecule has 3 aromatic rings. The molecule has 2 aromatic heterocycles. The molecule has 3 rings (SSSR count). The van der Waals surface area contributed by atoms with Crippen molar-refractivity contribution in [1.82, 2.24) is 9.97 Å². The zero-order valence-corrected chi connectivity index (χ0v) is 11.6. The Morgan fingerprint density at radius 1 is 1.14 bits per heavy atom. The van der Waals surface area contributed by atoms with Crippen LogP contribution in [-0.2, 0) is 6.18 Å². The molecule has 0 unspecified atom stereocenters. The molecule has 0 saturated carbocycles. The molecular formula is C14H9F3N2OS. The van der Waals surface area contributed by atoms with Crippen molar-refractivity contribution >= 4 is 21.6 Å². The van der Waals surface area contributed by atoms with E-state index in [0.29, 0.717) is 21.5 Å². The maximum Gasteiger partial charge on any atom is 0.416 e. The standard InChI is InChI=1S/C14H9F3N2OS/c1-20-13-18-11(10-5-6-21-12(10)19-13)8-3-2-4-9(7-8)14(15,16)17/h2-7H,1H3. The van der Waals surface area contributed by atoms with Crippen LogP contribution in [0.25, 0.3) is 21.5 Å². The second-order valence-corrected chi connectivity index (χ2v) is 5.17. The van der Waals surface area contributed by atoms with Crippen LogP contribution in [0.2, 0.25) is 0 Å². The molecule has 1 aromatic carbocycles. The summed E-state index contributed by atoms with van der Waals surface area (Å²) in [5.41, 5.74) is 0.110. The molecule has 0 amide bonds. The average Bonchev–Trinajstić information content (AvgIpc) is 2.93. The molecule has 0 aliphatic rings. The summed E-state index contributed by atoms with van der Waals surface area (Å²) in [6.07, 6.45) is -4.39. The fourth-order valence-electron chi connectivity index (χ4n) is 1.99. The van der Waals surface area contributed by atoms with Gasteiger partial charge in [0.1, 0.15) is 4.83 Å². The number of ether oxygens (including phenoxy) is 1. The van der Waals surface area contributed by atoms with Crippen molar-refractivity contribution in [3.05, 3.63) is 41.3 Å². The lowest BCUT2D eigenvalue weighted by Gasteiger charge is -2.09. The Bertz CT molecular complexity index is 798. The van der Waals surface area contributed by atoms with Gasteiger partial charge in [-0.05, 0) is 23.6 Å². The topological polar surface area (TPSA) is 35.0 Å². The Hall–Kier alpha value is -2.15. The van der Waals surface area contributed by atoms with Gasteiger partial charge in [-0.2, -0.15) is 23.1 Å². The highest BCUT2D eigenvalue weighted by Gasteiger charge is 2.30. The minimum Gasteiger partial charge on any atom is -0.467 e. The molecular weight excluding hydrogens is 301 g/mol. The van der Waals surface area contributed by atoms with Crippen molar-refractivity contribution < 1.29 is 17.9 Å². The number of alkyl halides is 3. The van der Waals surface area contributed by atoms with Crippen molar-refractivity contribution in [1.29, 1.82) is 0 Å². The largest absolute Gasteiger partial charge is 0.467 e. The minimum atomic E-state index is -4.39. The van der Waals surface area contributed by atoms with E-state index in [-0.39, 0.29) is 6.01 Å². The number of nitrogens with zero attached hydrogens (tertiary/aromatic N) is 2. The van der Waals surface area contributed by atoms with E-state index in [0.717, 1.165) is 12.1 Å². The van der Waals surface area contributed by atoms with Crippen LogP contribution in [0.5, 0.6) is 6.01 Å². The van der Waals surface area contributed by atoms with E-state index in [2.05, 4.69) is 9.97 Å². The molecule has 0 saturated heterocycles. The van der Waals surface area contributed by atoms with Gasteiger partial charge in [0.05, 0.1) is 18.4 Å². The molecule has 21 heavy (non-hydrogen) atoms. The van der Waals surface area contributed by atoms with E-state index in [4.69, 9.17) is 4.74 Å². The van der Waals surface area contributed by atoms with Crippen molar-refractivity contribution in [2.75, 3.05) is 7.11 Å². The predicted octanol–water partition coefficient (Wildman–Crippen LogP) is 4.39.